The van der Waals surface area contributed by atoms with Crippen LogP contribution in [-0.4, -0.2) is 44.4 Å². The van der Waals surface area contributed by atoms with Crippen LogP contribution in [0.2, 0.25) is 0 Å². The second-order valence-electron chi connectivity index (χ2n) is 11.2. The zero-order valence-corrected chi connectivity index (χ0v) is 26.2. The summed E-state index contributed by atoms with van der Waals surface area (Å²) in [6.45, 7) is 8.87. The molecule has 0 aliphatic heterocycles. The molecule has 8 rings (SSSR count). The predicted molar refractivity (Wildman–Crippen MR) is 174 cm³/mol. The molecular formula is C35H30FN9O2. The van der Waals surface area contributed by atoms with E-state index in [2.05, 4.69) is 35.2 Å². The van der Waals surface area contributed by atoms with E-state index in [0.717, 1.165) is 73.1 Å². The smallest absolute Gasteiger partial charge is 0.177 e. The van der Waals surface area contributed by atoms with Gasteiger partial charge in [0.05, 0.1) is 41.8 Å². The molecule has 8 aromatic rings. The minimum atomic E-state index is -0.239. The van der Waals surface area contributed by atoms with E-state index >= 15 is 0 Å². The van der Waals surface area contributed by atoms with Crippen molar-refractivity contribution in [1.29, 1.82) is 0 Å². The van der Waals surface area contributed by atoms with Gasteiger partial charge in [-0.3, -0.25) is 4.98 Å². The third-order valence-corrected chi connectivity index (χ3v) is 7.90. The topological polar surface area (TPSA) is 126 Å². The zero-order valence-electron chi connectivity index (χ0n) is 26.2. The van der Waals surface area contributed by atoms with Gasteiger partial charge in [0.2, 0.25) is 0 Å². The Balaban J connectivity index is 0.000000150. The first kappa shape index (κ1) is 29.7. The van der Waals surface area contributed by atoms with Gasteiger partial charge in [-0.2, -0.15) is 0 Å². The average molecular weight is 628 g/mol. The summed E-state index contributed by atoms with van der Waals surface area (Å²) in [7, 11) is 0. The van der Waals surface area contributed by atoms with E-state index in [4.69, 9.17) is 9.05 Å². The Morgan fingerprint density at radius 3 is 2.02 bits per heavy atom. The normalized spacial score (nSPS) is 11.3. The van der Waals surface area contributed by atoms with Crippen LogP contribution in [0.5, 0.6) is 0 Å². The lowest BCUT2D eigenvalue weighted by Crippen LogP contribution is -2.00. The highest BCUT2D eigenvalue weighted by Crippen LogP contribution is 2.29. The summed E-state index contributed by atoms with van der Waals surface area (Å²) in [5.74, 6) is 1.31. The molecule has 234 valence electrons. The summed E-state index contributed by atoms with van der Waals surface area (Å²) in [6, 6.07) is 16.4. The molecule has 0 unspecified atom stereocenters. The molecule has 47 heavy (non-hydrogen) atoms. The average Bonchev–Trinajstić information content (AvgIpc) is 3.85. The van der Waals surface area contributed by atoms with Crippen molar-refractivity contribution < 1.29 is 13.4 Å². The standard InChI is InChI=1S/C18H15FN4O.C17H15N5O/c1-11-17(12(2)24-22-11)14-7-16-18(20-8-14)21-10-23(16)9-13-3-5-15(19)6-4-13;1-11-16(12(2)23-21-11)13-7-15-17(19-8-13)22(10-20-15)9-14-5-3-4-6-18-14/h3-8,10H,9H2,1-2H3;3-8,10H,9H2,1-2H3. The van der Waals surface area contributed by atoms with E-state index in [1.807, 2.05) is 73.4 Å². The lowest BCUT2D eigenvalue weighted by molar-refractivity contribution is 0.393. The Morgan fingerprint density at radius 1 is 0.681 bits per heavy atom. The van der Waals surface area contributed by atoms with Crippen molar-refractivity contribution in [2.45, 2.75) is 40.8 Å². The Hall–Kier alpha value is -6.04. The SMILES string of the molecule is Cc1noc(C)c1-c1cnc2c(c1)ncn2Cc1ccccn1.Cc1noc(C)c1-c1cnc2ncn(Cc3ccc(F)cc3)c2c1. The Kier molecular flexibility index (Phi) is 7.82. The number of halogens is 1. The quantitative estimate of drug-likeness (QED) is 0.191. The Bertz CT molecular complexity index is 2280. The van der Waals surface area contributed by atoms with Crippen molar-refractivity contribution >= 4 is 22.3 Å². The van der Waals surface area contributed by atoms with E-state index in [-0.39, 0.29) is 5.82 Å². The van der Waals surface area contributed by atoms with Crippen LogP contribution in [0.25, 0.3) is 44.6 Å². The van der Waals surface area contributed by atoms with Crippen LogP contribution in [0.1, 0.15) is 34.2 Å². The second-order valence-corrected chi connectivity index (χ2v) is 11.2. The lowest BCUT2D eigenvalue weighted by atomic mass is 10.1. The van der Waals surface area contributed by atoms with E-state index in [1.54, 1.807) is 37.2 Å². The molecule has 0 saturated heterocycles. The van der Waals surface area contributed by atoms with Gasteiger partial charge >= 0.3 is 0 Å². The first-order valence-electron chi connectivity index (χ1n) is 15.0. The molecule has 7 aromatic heterocycles. The van der Waals surface area contributed by atoms with Crippen LogP contribution < -0.4 is 0 Å². The first-order chi connectivity index (χ1) is 22.8. The van der Waals surface area contributed by atoms with Crippen LogP contribution in [0, 0.1) is 33.5 Å². The van der Waals surface area contributed by atoms with Gasteiger partial charge in [-0.25, -0.2) is 24.3 Å². The minimum absolute atomic E-state index is 0.239. The number of fused-ring (bicyclic) bond motifs is 2. The molecule has 7 heterocycles. The van der Waals surface area contributed by atoms with Crippen molar-refractivity contribution in [2.24, 2.45) is 0 Å². The van der Waals surface area contributed by atoms with E-state index in [9.17, 15) is 4.39 Å². The number of aryl methyl sites for hydroxylation is 4. The van der Waals surface area contributed by atoms with Gasteiger partial charge in [-0.15, -0.1) is 0 Å². The van der Waals surface area contributed by atoms with Crippen molar-refractivity contribution in [1.82, 2.24) is 44.4 Å². The molecule has 0 N–H and O–H groups in total. The molecule has 0 spiro atoms. The fraction of sp³-hybridized carbons (Fsp3) is 0.171. The molecule has 11 nitrogen and oxygen atoms in total. The maximum atomic E-state index is 13.1. The number of nitrogens with zero attached hydrogens (tertiary/aromatic N) is 9. The monoisotopic (exact) mass is 627 g/mol. The molecule has 0 amide bonds. The number of pyridine rings is 3. The van der Waals surface area contributed by atoms with Crippen LogP contribution in [0.4, 0.5) is 4.39 Å². The van der Waals surface area contributed by atoms with Gasteiger partial charge in [0.1, 0.15) is 22.9 Å². The van der Waals surface area contributed by atoms with E-state index in [1.165, 1.54) is 12.1 Å². The molecule has 0 saturated carbocycles. The molecule has 0 radical (unpaired) electrons. The van der Waals surface area contributed by atoms with Crippen molar-refractivity contribution in [3.05, 3.63) is 126 Å². The molecular weight excluding hydrogens is 597 g/mol. The molecule has 0 fully saturated rings. The van der Waals surface area contributed by atoms with Crippen molar-refractivity contribution in [3.63, 3.8) is 0 Å². The third-order valence-electron chi connectivity index (χ3n) is 7.90. The summed E-state index contributed by atoms with van der Waals surface area (Å²) >= 11 is 0. The number of hydrogen-bond acceptors (Lipinski definition) is 9. The number of imidazole rings is 2. The highest BCUT2D eigenvalue weighted by atomic mass is 19.1. The molecule has 0 aliphatic rings. The Labute approximate surface area is 268 Å². The van der Waals surface area contributed by atoms with Gasteiger partial charge in [0, 0.05) is 47.4 Å². The fourth-order valence-corrected chi connectivity index (χ4v) is 5.65. The maximum absolute atomic E-state index is 13.1. The molecule has 0 aliphatic carbocycles. The second kappa shape index (κ2) is 12.4. The summed E-state index contributed by atoms with van der Waals surface area (Å²) in [5.41, 5.74) is 10.8. The van der Waals surface area contributed by atoms with Crippen molar-refractivity contribution in [3.8, 4) is 22.3 Å². The largest absolute Gasteiger partial charge is 0.361 e. The van der Waals surface area contributed by atoms with Crippen LogP contribution in [0.15, 0.2) is 94.9 Å². The molecule has 12 heteroatoms. The van der Waals surface area contributed by atoms with Crippen molar-refractivity contribution in [2.75, 3.05) is 0 Å². The predicted octanol–water partition coefficient (Wildman–Crippen LogP) is 7.04. The van der Waals surface area contributed by atoms with Gasteiger partial charge < -0.3 is 18.2 Å². The zero-order chi connectivity index (χ0) is 32.5. The van der Waals surface area contributed by atoms with Crippen LogP contribution in [-0.2, 0) is 13.1 Å². The maximum Gasteiger partial charge on any atom is 0.177 e. The van der Waals surface area contributed by atoms with Gasteiger partial charge in [0.15, 0.2) is 11.3 Å². The highest BCUT2D eigenvalue weighted by Gasteiger charge is 2.16. The highest BCUT2D eigenvalue weighted by molar-refractivity contribution is 5.80. The van der Waals surface area contributed by atoms with Crippen LogP contribution in [0.3, 0.4) is 0 Å². The van der Waals surface area contributed by atoms with E-state index in [0.29, 0.717) is 18.7 Å². The first-order valence-corrected chi connectivity index (χ1v) is 15.0. The summed E-state index contributed by atoms with van der Waals surface area (Å²) in [6.07, 6.45) is 8.95. The minimum Gasteiger partial charge on any atom is -0.361 e. The van der Waals surface area contributed by atoms with Crippen LogP contribution >= 0.6 is 0 Å². The number of hydrogen-bond donors (Lipinski definition) is 0. The van der Waals surface area contributed by atoms with Gasteiger partial charge in [0.25, 0.3) is 0 Å². The van der Waals surface area contributed by atoms with E-state index < -0.39 is 0 Å². The summed E-state index contributed by atoms with van der Waals surface area (Å²) in [4.78, 5) is 22.2. The van der Waals surface area contributed by atoms with Gasteiger partial charge in [-0.1, -0.05) is 28.5 Å². The summed E-state index contributed by atoms with van der Waals surface area (Å²) < 4.78 is 27.5. The fourth-order valence-electron chi connectivity index (χ4n) is 5.65. The third kappa shape index (κ3) is 6.00. The molecule has 0 atom stereocenters. The lowest BCUT2D eigenvalue weighted by Gasteiger charge is -2.06. The number of rotatable bonds is 6. The number of aromatic nitrogens is 9. The molecule has 1 aromatic carbocycles. The number of benzene rings is 1. The molecule has 0 bridgehead atoms. The summed E-state index contributed by atoms with van der Waals surface area (Å²) in [5, 5.41) is 7.99. The van der Waals surface area contributed by atoms with Gasteiger partial charge in [-0.05, 0) is 69.7 Å². The Morgan fingerprint density at radius 2 is 1.36 bits per heavy atom.